The Balaban J connectivity index is 2.09. The van der Waals surface area contributed by atoms with Crippen molar-refractivity contribution in [2.24, 2.45) is 0 Å². The largest absolute Gasteiger partial charge is 0.369 e. The molecule has 3 nitrogen and oxygen atoms in total. The van der Waals surface area contributed by atoms with Gasteiger partial charge in [0.1, 0.15) is 11.6 Å². The van der Waals surface area contributed by atoms with Crippen LogP contribution in [0.2, 0.25) is 10.0 Å². The summed E-state index contributed by atoms with van der Waals surface area (Å²) in [6, 6.07) is 1.75. The molecule has 0 amide bonds. The van der Waals surface area contributed by atoms with Gasteiger partial charge in [-0.15, -0.1) is 0 Å². The van der Waals surface area contributed by atoms with Crippen LogP contribution in [-0.2, 0) is 0 Å². The summed E-state index contributed by atoms with van der Waals surface area (Å²) in [5.74, 6) is 1.41. The molecule has 0 aromatic carbocycles. The molecule has 0 aliphatic heterocycles. The zero-order valence-electron chi connectivity index (χ0n) is 12.6. The van der Waals surface area contributed by atoms with Crippen LogP contribution < -0.4 is 10.6 Å². The van der Waals surface area contributed by atoms with Gasteiger partial charge in [0.25, 0.3) is 0 Å². The van der Waals surface area contributed by atoms with Crippen LogP contribution in [0.1, 0.15) is 39.0 Å². The maximum Gasteiger partial charge on any atom is 0.147 e. The van der Waals surface area contributed by atoms with Gasteiger partial charge in [-0.2, -0.15) is 11.8 Å². The molecule has 1 aliphatic rings. The zero-order valence-corrected chi connectivity index (χ0v) is 15.0. The molecule has 1 aromatic heterocycles. The number of anilines is 2. The van der Waals surface area contributed by atoms with E-state index in [2.05, 4.69) is 21.9 Å². The van der Waals surface area contributed by atoms with Gasteiger partial charge in [0.2, 0.25) is 0 Å². The first-order chi connectivity index (χ1) is 10.1. The van der Waals surface area contributed by atoms with Crippen molar-refractivity contribution in [2.75, 3.05) is 30.0 Å². The van der Waals surface area contributed by atoms with Crippen molar-refractivity contribution in [1.82, 2.24) is 4.98 Å². The van der Waals surface area contributed by atoms with Crippen molar-refractivity contribution >= 4 is 46.6 Å². The first kappa shape index (κ1) is 17.0. The molecule has 1 saturated carbocycles. The molecule has 1 aromatic rings. The van der Waals surface area contributed by atoms with Crippen LogP contribution in [0.3, 0.4) is 0 Å². The average molecular weight is 348 g/mol. The van der Waals surface area contributed by atoms with Gasteiger partial charge in [-0.05, 0) is 32.1 Å². The van der Waals surface area contributed by atoms with Crippen LogP contribution in [0.25, 0.3) is 0 Å². The highest BCUT2D eigenvalue weighted by Crippen LogP contribution is 2.39. The van der Waals surface area contributed by atoms with Crippen molar-refractivity contribution in [2.45, 2.75) is 43.8 Å². The lowest BCUT2D eigenvalue weighted by Gasteiger charge is -2.36. The number of nitrogens with one attached hydrogen (secondary N) is 2. The highest BCUT2D eigenvalue weighted by atomic mass is 35.5. The Hall–Kier alpha value is -0.320. The second kappa shape index (κ2) is 7.80. The number of nitrogens with zero attached hydrogens (tertiary/aromatic N) is 1. The summed E-state index contributed by atoms with van der Waals surface area (Å²) in [7, 11) is 0. The van der Waals surface area contributed by atoms with Crippen molar-refractivity contribution in [3.05, 3.63) is 16.1 Å². The number of thioether (sulfide) groups is 1. The first-order valence-corrected chi connectivity index (χ1v) is 9.47. The number of pyridine rings is 1. The molecular weight excluding hydrogens is 325 g/mol. The van der Waals surface area contributed by atoms with Gasteiger partial charge in [0.15, 0.2) is 0 Å². The molecule has 1 fully saturated rings. The van der Waals surface area contributed by atoms with Gasteiger partial charge >= 0.3 is 0 Å². The van der Waals surface area contributed by atoms with Crippen molar-refractivity contribution in [1.29, 1.82) is 0 Å². The summed E-state index contributed by atoms with van der Waals surface area (Å²) in [5, 5.41) is 7.73. The van der Waals surface area contributed by atoms with E-state index in [0.29, 0.717) is 20.6 Å². The van der Waals surface area contributed by atoms with Gasteiger partial charge in [-0.3, -0.25) is 0 Å². The molecule has 0 spiro atoms. The number of hydrogen-bond acceptors (Lipinski definition) is 4. The number of halogens is 2. The predicted molar refractivity (Wildman–Crippen MR) is 96.2 cm³/mol. The number of hydrogen-bond donors (Lipinski definition) is 2. The first-order valence-electron chi connectivity index (χ1n) is 7.49. The molecule has 2 N–H and O–H groups in total. The Morgan fingerprint density at radius 3 is 2.33 bits per heavy atom. The van der Waals surface area contributed by atoms with E-state index in [1.807, 2.05) is 18.7 Å². The smallest absolute Gasteiger partial charge is 0.147 e. The molecule has 1 aliphatic carbocycles. The van der Waals surface area contributed by atoms with E-state index < -0.39 is 0 Å². The molecule has 6 heteroatoms. The zero-order chi connectivity index (χ0) is 15.3. The van der Waals surface area contributed by atoms with Crippen LogP contribution in [0, 0.1) is 0 Å². The summed E-state index contributed by atoms with van der Waals surface area (Å²) in [6.07, 6.45) is 8.69. The summed E-state index contributed by atoms with van der Waals surface area (Å²) in [5.41, 5.74) is 0. The van der Waals surface area contributed by atoms with E-state index in [4.69, 9.17) is 23.2 Å². The molecule has 0 radical (unpaired) electrons. The quantitative estimate of drug-likeness (QED) is 0.732. The minimum atomic E-state index is 0.307. The Labute approximate surface area is 141 Å². The second-order valence-electron chi connectivity index (χ2n) is 5.48. The van der Waals surface area contributed by atoms with Gasteiger partial charge < -0.3 is 10.6 Å². The lowest BCUT2D eigenvalue weighted by molar-refractivity contribution is 0.411. The lowest BCUT2D eigenvalue weighted by atomic mass is 9.88. The van der Waals surface area contributed by atoms with Crippen LogP contribution >= 0.6 is 35.0 Å². The van der Waals surface area contributed by atoms with Crippen LogP contribution in [0.5, 0.6) is 0 Å². The Kier molecular flexibility index (Phi) is 6.33. The molecule has 21 heavy (non-hydrogen) atoms. The average Bonchev–Trinajstić information content (AvgIpc) is 2.50. The van der Waals surface area contributed by atoms with E-state index in [9.17, 15) is 0 Å². The van der Waals surface area contributed by atoms with Crippen LogP contribution in [-0.4, -0.2) is 29.1 Å². The molecule has 0 saturated heterocycles. The maximum atomic E-state index is 6.26. The Bertz CT molecular complexity index is 476. The summed E-state index contributed by atoms with van der Waals surface area (Å²) < 4.78 is 0.307. The van der Waals surface area contributed by atoms with Crippen molar-refractivity contribution in [3.63, 3.8) is 0 Å². The van der Waals surface area contributed by atoms with Gasteiger partial charge in [0.05, 0.1) is 10.0 Å². The topological polar surface area (TPSA) is 37.0 Å². The summed E-state index contributed by atoms with van der Waals surface area (Å²) in [6.45, 7) is 3.70. The molecule has 0 unspecified atom stereocenters. The van der Waals surface area contributed by atoms with E-state index in [1.54, 1.807) is 6.07 Å². The van der Waals surface area contributed by atoms with Crippen LogP contribution in [0.4, 0.5) is 11.6 Å². The highest BCUT2D eigenvalue weighted by molar-refractivity contribution is 8.00. The normalized spacial score (nSPS) is 17.5. The van der Waals surface area contributed by atoms with Crippen molar-refractivity contribution in [3.8, 4) is 0 Å². The minimum Gasteiger partial charge on any atom is -0.369 e. The van der Waals surface area contributed by atoms with E-state index >= 15 is 0 Å². The molecule has 1 heterocycles. The van der Waals surface area contributed by atoms with Crippen LogP contribution in [0.15, 0.2) is 6.07 Å². The van der Waals surface area contributed by atoms with Crippen molar-refractivity contribution < 1.29 is 0 Å². The summed E-state index contributed by atoms with van der Waals surface area (Å²) >= 11 is 14.4. The maximum absolute atomic E-state index is 6.26. The third-order valence-corrected chi connectivity index (χ3v) is 6.04. The third-order valence-electron chi connectivity index (χ3n) is 4.05. The fraction of sp³-hybridized carbons (Fsp3) is 0.667. The Morgan fingerprint density at radius 1 is 1.14 bits per heavy atom. The SMILES string of the molecule is CCNc1nc(NCC2(SC)CCCCC2)c(Cl)cc1Cl. The molecule has 0 bridgehead atoms. The third kappa shape index (κ3) is 4.33. The fourth-order valence-corrected chi connectivity index (χ4v) is 4.18. The van der Waals surface area contributed by atoms with E-state index in [1.165, 1.54) is 32.1 Å². The lowest BCUT2D eigenvalue weighted by Crippen LogP contribution is -2.35. The predicted octanol–water partition coefficient (Wildman–Crippen LogP) is 5.30. The van der Waals surface area contributed by atoms with E-state index in [-0.39, 0.29) is 0 Å². The second-order valence-corrected chi connectivity index (χ2v) is 7.57. The summed E-state index contributed by atoms with van der Waals surface area (Å²) in [4.78, 5) is 4.52. The van der Waals surface area contributed by atoms with Gasteiger partial charge in [-0.25, -0.2) is 4.98 Å². The molecule has 118 valence electrons. The Morgan fingerprint density at radius 2 is 1.76 bits per heavy atom. The monoisotopic (exact) mass is 347 g/mol. The minimum absolute atomic E-state index is 0.307. The van der Waals surface area contributed by atoms with Gasteiger partial charge in [0, 0.05) is 17.8 Å². The standard InChI is InChI=1S/C15H23Cl2N3S/c1-3-18-13-11(16)9-12(17)14(20-13)19-10-15(21-2)7-5-4-6-8-15/h9H,3-8,10H2,1-2H3,(H2,18,19,20). The van der Waals surface area contributed by atoms with Gasteiger partial charge in [-0.1, -0.05) is 42.5 Å². The molecule has 0 atom stereocenters. The number of rotatable bonds is 6. The number of aromatic nitrogens is 1. The van der Waals surface area contributed by atoms with E-state index in [0.717, 1.165) is 18.9 Å². The molecular formula is C15H23Cl2N3S. The fourth-order valence-electron chi connectivity index (χ4n) is 2.78. The highest BCUT2D eigenvalue weighted by Gasteiger charge is 2.31. The molecule has 2 rings (SSSR count).